The summed E-state index contributed by atoms with van der Waals surface area (Å²) in [4.78, 5) is 27.7. The Morgan fingerprint density at radius 1 is 1.41 bits per heavy atom. The van der Waals surface area contributed by atoms with Crippen LogP contribution in [0.25, 0.3) is 0 Å². The van der Waals surface area contributed by atoms with Gasteiger partial charge in [-0.15, -0.1) is 0 Å². The molecular formula is C16H21N3O3. The molecule has 0 saturated heterocycles. The van der Waals surface area contributed by atoms with E-state index in [0.717, 1.165) is 11.1 Å². The Morgan fingerprint density at radius 3 is 2.77 bits per heavy atom. The van der Waals surface area contributed by atoms with E-state index in [9.17, 15) is 14.7 Å². The third-order valence-corrected chi connectivity index (χ3v) is 3.82. The van der Waals surface area contributed by atoms with Crippen LogP contribution < -0.4 is 11.1 Å². The Labute approximate surface area is 129 Å². The van der Waals surface area contributed by atoms with Crippen LogP contribution in [0, 0.1) is 5.92 Å². The lowest BCUT2D eigenvalue weighted by Gasteiger charge is -2.20. The highest BCUT2D eigenvalue weighted by atomic mass is 16.4. The molecule has 0 spiro atoms. The van der Waals surface area contributed by atoms with E-state index in [-0.39, 0.29) is 18.4 Å². The van der Waals surface area contributed by atoms with Crippen molar-refractivity contribution in [2.45, 2.75) is 38.4 Å². The summed E-state index contributed by atoms with van der Waals surface area (Å²) in [5.41, 5.74) is 7.57. The maximum atomic E-state index is 12.0. The molecule has 4 N–H and O–H groups in total. The zero-order valence-electron chi connectivity index (χ0n) is 12.7. The number of carbonyl (C=O) groups excluding carboxylic acids is 1. The number of nitrogens with one attached hydrogen (secondary N) is 1. The number of carbonyl (C=O) groups is 2. The van der Waals surface area contributed by atoms with Gasteiger partial charge in [0.2, 0.25) is 5.91 Å². The fourth-order valence-electron chi connectivity index (χ4n) is 2.36. The van der Waals surface area contributed by atoms with E-state index < -0.39 is 24.0 Å². The highest BCUT2D eigenvalue weighted by molar-refractivity contribution is 5.90. The van der Waals surface area contributed by atoms with Crippen LogP contribution in [-0.4, -0.2) is 41.3 Å². The first-order valence-corrected chi connectivity index (χ1v) is 7.30. The number of fused-ring (bicyclic) bond motifs is 1. The first kappa shape index (κ1) is 16.2. The van der Waals surface area contributed by atoms with E-state index in [1.54, 1.807) is 6.21 Å². The number of rotatable bonds is 6. The number of carboxylic acids is 1. The van der Waals surface area contributed by atoms with Gasteiger partial charge in [-0.2, -0.15) is 0 Å². The minimum Gasteiger partial charge on any atom is -0.480 e. The van der Waals surface area contributed by atoms with Crippen LogP contribution in [0.5, 0.6) is 0 Å². The van der Waals surface area contributed by atoms with Crippen molar-refractivity contribution in [3.05, 3.63) is 35.5 Å². The van der Waals surface area contributed by atoms with Gasteiger partial charge in [0, 0.05) is 12.6 Å². The van der Waals surface area contributed by atoms with Crippen molar-refractivity contribution in [1.29, 1.82) is 0 Å². The summed E-state index contributed by atoms with van der Waals surface area (Å²) >= 11 is 0. The smallest absolute Gasteiger partial charge is 0.326 e. The lowest BCUT2D eigenvalue weighted by atomic mass is 9.95. The molecule has 0 aromatic carbocycles. The normalized spacial score (nSPS) is 21.9. The van der Waals surface area contributed by atoms with E-state index in [4.69, 9.17) is 5.73 Å². The predicted octanol–water partition coefficient (Wildman–Crippen LogP) is 0.805. The van der Waals surface area contributed by atoms with Crippen molar-refractivity contribution in [2.24, 2.45) is 16.6 Å². The van der Waals surface area contributed by atoms with Crippen molar-refractivity contribution < 1.29 is 14.7 Å². The summed E-state index contributed by atoms with van der Waals surface area (Å²) < 4.78 is 0. The Bertz CT molecular complexity index is 587. The Hall–Kier alpha value is -2.21. The standard InChI is InChI=1S/C16H21N3O3/c1-9(2)14(17)15(20)19-13(16(21)22)7-10-8-18-12-6-4-3-5-11(10)12/h3-6,8-9,12-14H,7,17H2,1-2H3,(H,19,20)(H,21,22)/t12?,13-,14-/m0/s1. The van der Waals surface area contributed by atoms with Crippen LogP contribution in [0.2, 0.25) is 0 Å². The highest BCUT2D eigenvalue weighted by Gasteiger charge is 2.28. The Balaban J connectivity index is 2.09. The number of nitrogens with two attached hydrogens (primary N) is 1. The van der Waals surface area contributed by atoms with Gasteiger partial charge in [0.25, 0.3) is 0 Å². The predicted molar refractivity (Wildman–Crippen MR) is 84.6 cm³/mol. The molecule has 6 nitrogen and oxygen atoms in total. The zero-order valence-corrected chi connectivity index (χ0v) is 12.7. The number of hydrogen-bond acceptors (Lipinski definition) is 4. The van der Waals surface area contributed by atoms with E-state index in [0.29, 0.717) is 0 Å². The third-order valence-electron chi connectivity index (χ3n) is 3.82. The molecule has 0 fully saturated rings. The summed E-state index contributed by atoms with van der Waals surface area (Å²) in [6.07, 6.45) is 9.55. The fourth-order valence-corrected chi connectivity index (χ4v) is 2.36. The number of nitrogens with zero attached hydrogens (tertiary/aromatic N) is 1. The van der Waals surface area contributed by atoms with E-state index in [1.165, 1.54) is 0 Å². The van der Waals surface area contributed by atoms with Gasteiger partial charge >= 0.3 is 5.97 Å². The number of aliphatic imine (C=N–C) groups is 1. The molecule has 0 aromatic rings. The van der Waals surface area contributed by atoms with Gasteiger partial charge in [-0.25, -0.2) is 4.79 Å². The third kappa shape index (κ3) is 3.51. The van der Waals surface area contributed by atoms with E-state index >= 15 is 0 Å². The summed E-state index contributed by atoms with van der Waals surface area (Å²) in [6, 6.07) is -1.77. The van der Waals surface area contributed by atoms with Gasteiger partial charge in [0.05, 0.1) is 12.1 Å². The maximum absolute atomic E-state index is 12.0. The number of aliphatic carboxylic acids is 1. The SMILES string of the molecule is CC(C)[C@H](N)C(=O)N[C@@H](CC1=C2C=CC=CC2N=C1)C(=O)O. The summed E-state index contributed by atoms with van der Waals surface area (Å²) in [5.74, 6) is -1.58. The highest BCUT2D eigenvalue weighted by Crippen LogP contribution is 2.26. The van der Waals surface area contributed by atoms with Gasteiger partial charge < -0.3 is 16.2 Å². The molecule has 1 aliphatic heterocycles. The van der Waals surface area contributed by atoms with Crippen LogP contribution in [-0.2, 0) is 9.59 Å². The van der Waals surface area contributed by atoms with Crippen LogP contribution in [0.4, 0.5) is 0 Å². The zero-order chi connectivity index (χ0) is 16.3. The monoisotopic (exact) mass is 303 g/mol. The second-order valence-electron chi connectivity index (χ2n) is 5.82. The molecule has 1 heterocycles. The molecule has 1 aliphatic carbocycles. The molecule has 0 aromatic heterocycles. The average Bonchev–Trinajstić information content (AvgIpc) is 2.88. The van der Waals surface area contributed by atoms with Gasteiger partial charge in [-0.3, -0.25) is 9.79 Å². The fraction of sp³-hybridized carbons (Fsp3) is 0.438. The first-order chi connectivity index (χ1) is 10.4. The van der Waals surface area contributed by atoms with Crippen LogP contribution in [0.3, 0.4) is 0 Å². The molecule has 3 atom stereocenters. The molecule has 0 radical (unpaired) electrons. The van der Waals surface area contributed by atoms with Crippen molar-refractivity contribution in [2.75, 3.05) is 0 Å². The maximum Gasteiger partial charge on any atom is 0.326 e. The van der Waals surface area contributed by atoms with Gasteiger partial charge in [-0.1, -0.05) is 38.2 Å². The van der Waals surface area contributed by atoms with E-state index in [2.05, 4.69) is 10.3 Å². The second-order valence-corrected chi connectivity index (χ2v) is 5.82. The minimum atomic E-state index is -1.08. The molecule has 118 valence electrons. The minimum absolute atomic E-state index is 0.0388. The van der Waals surface area contributed by atoms with E-state index in [1.807, 2.05) is 38.2 Å². The second kappa shape index (κ2) is 6.70. The first-order valence-electron chi connectivity index (χ1n) is 7.30. The lowest BCUT2D eigenvalue weighted by Crippen LogP contribution is -2.50. The molecule has 0 bridgehead atoms. The molecular weight excluding hydrogens is 282 g/mol. The van der Waals surface area contributed by atoms with Gasteiger partial charge in [0.15, 0.2) is 0 Å². The van der Waals surface area contributed by atoms with Gasteiger partial charge in [0.1, 0.15) is 6.04 Å². The quantitative estimate of drug-likeness (QED) is 0.675. The van der Waals surface area contributed by atoms with Crippen molar-refractivity contribution in [3.8, 4) is 0 Å². The summed E-state index contributed by atoms with van der Waals surface area (Å²) in [5, 5.41) is 11.9. The topological polar surface area (TPSA) is 105 Å². The number of carboxylic acid groups (broad SMARTS) is 1. The summed E-state index contributed by atoms with van der Waals surface area (Å²) in [7, 11) is 0. The van der Waals surface area contributed by atoms with Crippen molar-refractivity contribution in [1.82, 2.24) is 5.32 Å². The molecule has 6 heteroatoms. The average molecular weight is 303 g/mol. The number of hydrogen-bond donors (Lipinski definition) is 3. The molecule has 1 amide bonds. The van der Waals surface area contributed by atoms with Crippen LogP contribution in [0.15, 0.2) is 40.4 Å². The molecule has 2 rings (SSSR count). The van der Waals surface area contributed by atoms with Crippen molar-refractivity contribution in [3.63, 3.8) is 0 Å². The Morgan fingerprint density at radius 2 is 2.14 bits per heavy atom. The molecule has 22 heavy (non-hydrogen) atoms. The van der Waals surface area contributed by atoms with Crippen molar-refractivity contribution >= 4 is 18.1 Å². The molecule has 2 aliphatic rings. The number of amides is 1. The summed E-state index contributed by atoms with van der Waals surface area (Å²) in [6.45, 7) is 3.63. The largest absolute Gasteiger partial charge is 0.480 e. The molecule has 0 saturated carbocycles. The van der Waals surface area contributed by atoms with Crippen LogP contribution >= 0.6 is 0 Å². The Kier molecular flexibility index (Phi) is 4.92. The number of allylic oxidation sites excluding steroid dienone is 2. The van der Waals surface area contributed by atoms with Gasteiger partial charge in [-0.05, 0) is 17.1 Å². The molecule has 1 unspecified atom stereocenters. The van der Waals surface area contributed by atoms with Crippen LogP contribution in [0.1, 0.15) is 20.3 Å². The lowest BCUT2D eigenvalue weighted by molar-refractivity contribution is -0.142.